The highest BCUT2D eigenvalue weighted by molar-refractivity contribution is 5.88. The van der Waals surface area contributed by atoms with E-state index >= 15 is 0 Å². The van der Waals surface area contributed by atoms with Gasteiger partial charge in [0.15, 0.2) is 0 Å². The summed E-state index contributed by atoms with van der Waals surface area (Å²) in [5.74, 6) is 0.657. The first-order valence-corrected chi connectivity index (χ1v) is 9.92. The van der Waals surface area contributed by atoms with Gasteiger partial charge in [0, 0.05) is 30.4 Å². The Kier molecular flexibility index (Phi) is 4.36. The molecule has 1 aliphatic heterocycles. The van der Waals surface area contributed by atoms with Gasteiger partial charge in [0.2, 0.25) is 0 Å². The van der Waals surface area contributed by atoms with Gasteiger partial charge in [-0.25, -0.2) is 14.4 Å². The number of nitrogens with one attached hydrogen (secondary N) is 1. The highest BCUT2D eigenvalue weighted by atomic mass is 19.1. The third-order valence-corrected chi connectivity index (χ3v) is 5.92. The van der Waals surface area contributed by atoms with E-state index in [1.807, 2.05) is 24.8 Å². The average Bonchev–Trinajstić information content (AvgIpc) is 3.35. The van der Waals surface area contributed by atoms with Gasteiger partial charge in [-0.3, -0.25) is 0 Å². The SMILES string of the molecule is O[C@H]1CCC[C@H](n2cnc(=C3C=CC(F)=CC3)c2=C2CC=Nc3[nH]ccc32)C1. The molecule has 2 aromatic heterocycles. The molecular formula is C22H23FN4O. The van der Waals surface area contributed by atoms with E-state index in [1.54, 1.807) is 6.08 Å². The molecule has 0 radical (unpaired) electrons. The number of hydrogen-bond donors (Lipinski definition) is 2. The number of fused-ring (bicyclic) bond motifs is 1. The first kappa shape index (κ1) is 17.4. The number of aromatic nitrogens is 3. The molecule has 1 fully saturated rings. The van der Waals surface area contributed by atoms with E-state index in [1.165, 1.54) is 11.6 Å². The van der Waals surface area contributed by atoms with Gasteiger partial charge in [0.1, 0.15) is 11.6 Å². The maximum Gasteiger partial charge on any atom is 0.137 e. The molecule has 28 heavy (non-hydrogen) atoms. The first-order valence-electron chi connectivity index (χ1n) is 9.92. The van der Waals surface area contributed by atoms with Crippen LogP contribution in [0.25, 0.3) is 11.1 Å². The number of hydrogen-bond acceptors (Lipinski definition) is 3. The molecule has 5 nitrogen and oxygen atoms in total. The zero-order valence-electron chi connectivity index (χ0n) is 15.6. The molecule has 2 N–H and O–H groups in total. The van der Waals surface area contributed by atoms with Crippen LogP contribution in [0.2, 0.25) is 0 Å². The van der Waals surface area contributed by atoms with Gasteiger partial charge < -0.3 is 14.7 Å². The highest BCUT2D eigenvalue weighted by Crippen LogP contribution is 2.30. The van der Waals surface area contributed by atoms with Crippen molar-refractivity contribution in [1.29, 1.82) is 0 Å². The number of aliphatic imine (C=N–C) groups is 1. The minimum absolute atomic E-state index is 0.203. The number of halogens is 1. The Labute approximate surface area is 162 Å². The maximum absolute atomic E-state index is 13.5. The Balaban J connectivity index is 1.78. The van der Waals surface area contributed by atoms with E-state index in [4.69, 9.17) is 4.98 Å². The van der Waals surface area contributed by atoms with Crippen molar-refractivity contribution >= 4 is 23.2 Å². The predicted molar refractivity (Wildman–Crippen MR) is 107 cm³/mol. The molecule has 2 aromatic rings. The van der Waals surface area contributed by atoms with Crippen molar-refractivity contribution in [3.05, 3.63) is 58.9 Å². The molecular weight excluding hydrogens is 355 g/mol. The second-order valence-electron chi connectivity index (χ2n) is 7.71. The lowest BCUT2D eigenvalue weighted by Gasteiger charge is -2.27. The fourth-order valence-corrected chi connectivity index (χ4v) is 4.54. The standard InChI is InChI=1S/C22H23FN4O/c23-15-6-4-14(5-7-15)20-21(18-8-10-24-22-19(18)9-11-25-22)27(13-26-20)16-2-1-3-17(28)12-16/h4,6-7,9-11,13,16-17,25,28H,1-3,5,8,12H2/t16-,17-/m0/s1. The zero-order chi connectivity index (χ0) is 19.1. The van der Waals surface area contributed by atoms with Gasteiger partial charge in [0.05, 0.1) is 23.1 Å². The van der Waals surface area contributed by atoms with Crippen molar-refractivity contribution in [3.63, 3.8) is 0 Å². The lowest BCUT2D eigenvalue weighted by atomic mass is 9.92. The number of nitrogens with zero attached hydrogens (tertiary/aromatic N) is 3. The molecule has 0 bridgehead atoms. The molecule has 144 valence electrons. The number of aliphatic hydroxyl groups is 1. The molecule has 0 saturated heterocycles. The summed E-state index contributed by atoms with van der Waals surface area (Å²) in [7, 11) is 0. The van der Waals surface area contributed by atoms with Crippen LogP contribution < -0.4 is 10.7 Å². The fraction of sp³-hybridized carbons (Fsp3) is 0.364. The van der Waals surface area contributed by atoms with E-state index in [9.17, 15) is 9.50 Å². The first-order chi connectivity index (χ1) is 13.7. The second-order valence-corrected chi connectivity index (χ2v) is 7.71. The summed E-state index contributed by atoms with van der Waals surface area (Å²) < 4.78 is 15.7. The van der Waals surface area contributed by atoms with E-state index in [2.05, 4.69) is 20.6 Å². The Hall–Kier alpha value is -2.73. The van der Waals surface area contributed by atoms with Crippen LogP contribution in [-0.4, -0.2) is 32.0 Å². The van der Waals surface area contributed by atoms with Crippen molar-refractivity contribution in [2.24, 2.45) is 4.99 Å². The Bertz CT molecular complexity index is 1120. The lowest BCUT2D eigenvalue weighted by molar-refractivity contribution is 0.103. The van der Waals surface area contributed by atoms with Crippen molar-refractivity contribution < 1.29 is 9.50 Å². The van der Waals surface area contributed by atoms with Crippen LogP contribution in [0.3, 0.4) is 0 Å². The fourth-order valence-electron chi connectivity index (χ4n) is 4.54. The number of allylic oxidation sites excluding steroid dienone is 4. The highest BCUT2D eigenvalue weighted by Gasteiger charge is 2.24. The van der Waals surface area contributed by atoms with Crippen LogP contribution in [-0.2, 0) is 0 Å². The maximum atomic E-state index is 13.5. The topological polar surface area (TPSA) is 66.2 Å². The molecule has 3 heterocycles. The van der Waals surface area contributed by atoms with E-state index in [-0.39, 0.29) is 18.0 Å². The molecule has 6 heteroatoms. The van der Waals surface area contributed by atoms with Gasteiger partial charge in [-0.15, -0.1) is 0 Å². The van der Waals surface area contributed by atoms with Crippen molar-refractivity contribution in [2.75, 3.05) is 0 Å². The van der Waals surface area contributed by atoms with Crippen LogP contribution in [0.4, 0.5) is 10.2 Å². The van der Waals surface area contributed by atoms with Crippen molar-refractivity contribution in [3.8, 4) is 0 Å². The summed E-state index contributed by atoms with van der Waals surface area (Å²) in [4.78, 5) is 12.4. The molecule has 0 aromatic carbocycles. The third-order valence-electron chi connectivity index (χ3n) is 5.92. The Morgan fingerprint density at radius 1 is 1.21 bits per heavy atom. The van der Waals surface area contributed by atoms with Crippen molar-refractivity contribution in [1.82, 2.24) is 14.5 Å². The number of rotatable bonds is 1. The normalized spacial score (nSPS) is 28.3. The molecule has 0 spiro atoms. The zero-order valence-corrected chi connectivity index (χ0v) is 15.6. The van der Waals surface area contributed by atoms with Crippen LogP contribution in [0.15, 0.2) is 47.6 Å². The summed E-state index contributed by atoms with van der Waals surface area (Å²) >= 11 is 0. The number of H-pyrrole nitrogens is 1. The summed E-state index contributed by atoms with van der Waals surface area (Å²) in [6.45, 7) is 0. The summed E-state index contributed by atoms with van der Waals surface area (Å²) in [5.41, 5.74) is 3.28. The van der Waals surface area contributed by atoms with Crippen LogP contribution in [0.1, 0.15) is 50.1 Å². The predicted octanol–water partition coefficient (Wildman–Crippen LogP) is 2.96. The summed E-state index contributed by atoms with van der Waals surface area (Å²) in [6, 6.07) is 2.27. The van der Waals surface area contributed by atoms with Crippen LogP contribution in [0.5, 0.6) is 0 Å². The molecule has 3 aliphatic rings. The average molecular weight is 378 g/mol. The minimum atomic E-state index is -0.266. The third kappa shape index (κ3) is 2.98. The van der Waals surface area contributed by atoms with Gasteiger partial charge in [-0.05, 0) is 61.5 Å². The molecule has 0 amide bonds. The monoisotopic (exact) mass is 378 g/mol. The summed E-state index contributed by atoms with van der Waals surface area (Å²) in [6.07, 6.45) is 15.3. The quantitative estimate of drug-likeness (QED) is 0.801. The molecule has 5 rings (SSSR count). The Morgan fingerprint density at radius 2 is 2.14 bits per heavy atom. The smallest absolute Gasteiger partial charge is 0.137 e. The van der Waals surface area contributed by atoms with Crippen LogP contribution in [0, 0.1) is 0 Å². The Morgan fingerprint density at radius 3 is 2.96 bits per heavy atom. The summed E-state index contributed by atoms with van der Waals surface area (Å²) in [5, 5.41) is 12.2. The van der Waals surface area contributed by atoms with Gasteiger partial charge in [-0.1, -0.05) is 6.08 Å². The molecule has 2 aliphatic carbocycles. The number of aromatic amines is 1. The lowest BCUT2D eigenvalue weighted by Crippen LogP contribution is -2.38. The molecule has 2 atom stereocenters. The number of aliphatic hydroxyl groups excluding tert-OH is 1. The van der Waals surface area contributed by atoms with Gasteiger partial charge in [-0.2, -0.15) is 0 Å². The second kappa shape index (κ2) is 7.02. The molecule has 1 saturated carbocycles. The van der Waals surface area contributed by atoms with E-state index in [0.29, 0.717) is 6.42 Å². The molecule has 0 unspecified atom stereocenters. The van der Waals surface area contributed by atoms with E-state index in [0.717, 1.165) is 59.8 Å². The minimum Gasteiger partial charge on any atom is -0.393 e. The van der Waals surface area contributed by atoms with Crippen molar-refractivity contribution in [2.45, 2.75) is 50.7 Å². The van der Waals surface area contributed by atoms with E-state index < -0.39 is 0 Å². The van der Waals surface area contributed by atoms with Gasteiger partial charge >= 0.3 is 0 Å². The van der Waals surface area contributed by atoms with Gasteiger partial charge in [0.25, 0.3) is 0 Å². The van der Waals surface area contributed by atoms with Crippen LogP contribution >= 0.6 is 0 Å². The number of imidazole rings is 1. The largest absolute Gasteiger partial charge is 0.393 e.